The minimum Gasteiger partial charge on any atom is -0.350 e. The Kier molecular flexibility index (Phi) is 3.70. The van der Waals surface area contributed by atoms with E-state index in [1.807, 2.05) is 35.9 Å². The fraction of sp³-hybridized carbons (Fsp3) is 0.0588. The highest BCUT2D eigenvalue weighted by Crippen LogP contribution is 2.19. The van der Waals surface area contributed by atoms with Gasteiger partial charge >= 0.3 is 0 Å². The summed E-state index contributed by atoms with van der Waals surface area (Å²) in [6.45, 7) is 0. The van der Waals surface area contributed by atoms with Crippen LogP contribution in [0.3, 0.4) is 0 Å². The summed E-state index contributed by atoms with van der Waals surface area (Å²) in [6, 6.07) is 13.5. The molecule has 0 atom stereocenters. The molecule has 3 aromatic rings. The van der Waals surface area contributed by atoms with Gasteiger partial charge in [-0.3, -0.25) is 4.79 Å². The summed E-state index contributed by atoms with van der Waals surface area (Å²) in [6.07, 6.45) is 3.25. The van der Waals surface area contributed by atoms with Crippen LogP contribution in [-0.4, -0.2) is 16.7 Å². The van der Waals surface area contributed by atoms with E-state index in [-0.39, 0.29) is 11.7 Å². The Morgan fingerprint density at radius 3 is 2.68 bits per heavy atom. The number of carbonyl (C=O) groups excluding carboxylic acids is 1. The molecule has 1 aromatic heterocycles. The topological polar surface area (TPSA) is 46.4 Å². The molecule has 0 aliphatic rings. The number of hydrogen-bond acceptors (Lipinski definition) is 2. The van der Waals surface area contributed by atoms with E-state index in [0.29, 0.717) is 11.1 Å². The van der Waals surface area contributed by atoms with Crippen molar-refractivity contribution in [3.8, 4) is 0 Å². The van der Waals surface area contributed by atoms with Gasteiger partial charge in [0.25, 0.3) is 5.91 Å². The Balaban J connectivity index is 1.78. The number of fused-ring (bicyclic) bond motifs is 1. The van der Waals surface area contributed by atoms with Crippen molar-refractivity contribution in [1.29, 1.82) is 0 Å². The molecule has 0 spiro atoms. The molecule has 0 radical (unpaired) electrons. The van der Waals surface area contributed by atoms with Gasteiger partial charge in [-0.2, -0.15) is 5.10 Å². The van der Waals surface area contributed by atoms with Crippen LogP contribution in [0.1, 0.15) is 15.9 Å². The maximum Gasteiger partial charge on any atom is 0.273 e. The molecule has 1 N–H and O–H groups in total. The molecule has 3 rings (SSSR count). The fourth-order valence-electron chi connectivity index (χ4n) is 2.30. The van der Waals surface area contributed by atoms with Crippen molar-refractivity contribution in [3.05, 3.63) is 71.7 Å². The third kappa shape index (κ3) is 2.74. The van der Waals surface area contributed by atoms with E-state index in [0.717, 1.165) is 10.9 Å². The van der Waals surface area contributed by atoms with Gasteiger partial charge in [0.1, 0.15) is 5.82 Å². The molecule has 110 valence electrons. The maximum atomic E-state index is 12.8. The van der Waals surface area contributed by atoms with E-state index < -0.39 is 0 Å². The van der Waals surface area contributed by atoms with Crippen molar-refractivity contribution in [2.75, 3.05) is 0 Å². The number of aromatic nitrogens is 1. The molecule has 0 aliphatic heterocycles. The van der Waals surface area contributed by atoms with Crippen molar-refractivity contribution < 1.29 is 9.18 Å². The van der Waals surface area contributed by atoms with Gasteiger partial charge in [0.15, 0.2) is 0 Å². The van der Waals surface area contributed by atoms with E-state index in [4.69, 9.17) is 0 Å². The second kappa shape index (κ2) is 5.81. The van der Waals surface area contributed by atoms with Crippen LogP contribution in [0.2, 0.25) is 0 Å². The number of para-hydroxylation sites is 1. The summed E-state index contributed by atoms with van der Waals surface area (Å²) in [5, 5.41) is 4.78. The van der Waals surface area contributed by atoms with E-state index in [2.05, 4.69) is 10.5 Å². The Labute approximate surface area is 126 Å². The molecule has 5 heteroatoms. The van der Waals surface area contributed by atoms with Gasteiger partial charge < -0.3 is 4.57 Å². The zero-order valence-electron chi connectivity index (χ0n) is 12.0. The van der Waals surface area contributed by atoms with Crippen molar-refractivity contribution in [2.45, 2.75) is 0 Å². The van der Waals surface area contributed by atoms with Crippen LogP contribution in [-0.2, 0) is 7.05 Å². The molecular weight excluding hydrogens is 281 g/mol. The Morgan fingerprint density at radius 1 is 1.18 bits per heavy atom. The quantitative estimate of drug-likeness (QED) is 0.586. The van der Waals surface area contributed by atoms with Crippen molar-refractivity contribution in [1.82, 2.24) is 9.99 Å². The monoisotopic (exact) mass is 295 g/mol. The zero-order chi connectivity index (χ0) is 15.5. The van der Waals surface area contributed by atoms with Crippen LogP contribution < -0.4 is 5.43 Å². The first-order chi connectivity index (χ1) is 10.6. The lowest BCUT2D eigenvalue weighted by molar-refractivity contribution is 0.0956. The highest BCUT2D eigenvalue weighted by atomic mass is 19.1. The molecule has 0 aliphatic carbocycles. The summed E-state index contributed by atoms with van der Waals surface area (Å²) >= 11 is 0. The highest BCUT2D eigenvalue weighted by Gasteiger charge is 2.12. The highest BCUT2D eigenvalue weighted by molar-refractivity contribution is 6.07. The number of benzene rings is 2. The van der Waals surface area contributed by atoms with Crippen molar-refractivity contribution >= 4 is 23.0 Å². The van der Waals surface area contributed by atoms with Gasteiger partial charge in [-0.25, -0.2) is 9.82 Å². The average Bonchev–Trinajstić information content (AvgIpc) is 2.87. The van der Waals surface area contributed by atoms with Crippen LogP contribution in [0.25, 0.3) is 10.9 Å². The van der Waals surface area contributed by atoms with Crippen LogP contribution >= 0.6 is 0 Å². The smallest absolute Gasteiger partial charge is 0.273 e. The molecule has 2 aromatic carbocycles. The SMILES string of the molecule is Cn1cc(C(=O)N/N=C/c2ccc(F)cc2)c2ccccc21. The van der Waals surface area contributed by atoms with Crippen molar-refractivity contribution in [2.24, 2.45) is 12.1 Å². The van der Waals surface area contributed by atoms with Crippen LogP contribution in [0.4, 0.5) is 4.39 Å². The molecule has 4 nitrogen and oxygen atoms in total. The summed E-state index contributed by atoms with van der Waals surface area (Å²) in [5.41, 5.74) is 4.74. The molecule has 0 saturated heterocycles. The fourth-order valence-corrected chi connectivity index (χ4v) is 2.30. The summed E-state index contributed by atoms with van der Waals surface area (Å²) < 4.78 is 14.7. The molecule has 0 fully saturated rings. The van der Waals surface area contributed by atoms with E-state index in [1.54, 1.807) is 18.3 Å². The lowest BCUT2D eigenvalue weighted by atomic mass is 10.2. The number of nitrogens with one attached hydrogen (secondary N) is 1. The number of carbonyl (C=O) groups is 1. The molecule has 22 heavy (non-hydrogen) atoms. The predicted molar refractivity (Wildman–Crippen MR) is 84.4 cm³/mol. The lowest BCUT2D eigenvalue weighted by Crippen LogP contribution is -2.17. The Hall–Kier alpha value is -2.95. The predicted octanol–water partition coefficient (Wildman–Crippen LogP) is 3.08. The molecule has 0 unspecified atom stereocenters. The van der Waals surface area contributed by atoms with E-state index >= 15 is 0 Å². The summed E-state index contributed by atoms with van der Waals surface area (Å²) in [5.74, 6) is -0.591. The first-order valence-corrected chi connectivity index (χ1v) is 6.78. The second-order valence-corrected chi connectivity index (χ2v) is 4.92. The summed E-state index contributed by atoms with van der Waals surface area (Å²) in [7, 11) is 1.89. The standard InChI is InChI=1S/C17H14FN3O/c1-21-11-15(14-4-2-3-5-16(14)21)17(22)20-19-10-12-6-8-13(18)9-7-12/h2-11H,1H3,(H,20,22)/b19-10+. The number of rotatable bonds is 3. The van der Waals surface area contributed by atoms with Gasteiger partial charge in [-0.05, 0) is 23.8 Å². The van der Waals surface area contributed by atoms with Gasteiger partial charge in [0.2, 0.25) is 0 Å². The van der Waals surface area contributed by atoms with Crippen LogP contribution in [0.5, 0.6) is 0 Å². The number of halogens is 1. The minimum atomic E-state index is -0.308. The number of amides is 1. The van der Waals surface area contributed by atoms with Crippen LogP contribution in [0, 0.1) is 5.82 Å². The van der Waals surface area contributed by atoms with Gasteiger partial charge in [0.05, 0.1) is 11.8 Å². The molecule has 0 saturated carbocycles. The number of nitrogens with zero attached hydrogens (tertiary/aromatic N) is 2. The van der Waals surface area contributed by atoms with Gasteiger partial charge in [-0.1, -0.05) is 30.3 Å². The number of hydrazone groups is 1. The zero-order valence-corrected chi connectivity index (χ0v) is 12.0. The lowest BCUT2D eigenvalue weighted by Gasteiger charge is -1.98. The first-order valence-electron chi connectivity index (χ1n) is 6.78. The Morgan fingerprint density at radius 2 is 1.91 bits per heavy atom. The largest absolute Gasteiger partial charge is 0.350 e. The average molecular weight is 295 g/mol. The molecule has 1 amide bonds. The third-order valence-corrected chi connectivity index (χ3v) is 3.39. The normalized spacial score (nSPS) is 11.2. The minimum absolute atomic E-state index is 0.282. The van der Waals surface area contributed by atoms with Gasteiger partial charge in [0, 0.05) is 24.1 Å². The maximum absolute atomic E-state index is 12.8. The summed E-state index contributed by atoms with van der Waals surface area (Å²) in [4.78, 5) is 12.2. The Bertz CT molecular complexity index is 850. The van der Waals surface area contributed by atoms with Gasteiger partial charge in [-0.15, -0.1) is 0 Å². The number of hydrogen-bond donors (Lipinski definition) is 1. The van der Waals surface area contributed by atoms with Crippen molar-refractivity contribution in [3.63, 3.8) is 0 Å². The molecule has 0 bridgehead atoms. The number of aryl methyl sites for hydroxylation is 1. The molecular formula is C17H14FN3O. The van der Waals surface area contributed by atoms with E-state index in [1.165, 1.54) is 18.3 Å². The molecule has 1 heterocycles. The third-order valence-electron chi connectivity index (χ3n) is 3.39. The van der Waals surface area contributed by atoms with E-state index in [9.17, 15) is 9.18 Å². The second-order valence-electron chi connectivity index (χ2n) is 4.92. The van der Waals surface area contributed by atoms with Crippen LogP contribution in [0.15, 0.2) is 59.8 Å². The first kappa shape index (κ1) is 14.0.